The Kier molecular flexibility index (Phi) is 4.05. The number of nitriles is 1. The highest BCUT2D eigenvalue weighted by Crippen LogP contribution is 2.22. The minimum Gasteiger partial charge on any atom is -0.481 e. The second kappa shape index (κ2) is 5.30. The van der Waals surface area contributed by atoms with Crippen molar-refractivity contribution in [3.05, 3.63) is 24.0 Å². The van der Waals surface area contributed by atoms with Crippen LogP contribution in [0.25, 0.3) is 0 Å². The normalized spacial score (nSPS) is 13.5. The highest BCUT2D eigenvalue weighted by molar-refractivity contribution is 5.75. The van der Waals surface area contributed by atoms with Gasteiger partial charge in [-0.15, -0.1) is 0 Å². The lowest BCUT2D eigenvalue weighted by molar-refractivity contribution is -0.147. The number of carboxylic acid groups (broad SMARTS) is 1. The summed E-state index contributed by atoms with van der Waals surface area (Å²) < 4.78 is 0. The zero-order valence-electron chi connectivity index (χ0n) is 9.90. The SMILES string of the molecule is CCC(C)(CNc1ccnc(C#N)c1)C(=O)O. The Morgan fingerprint density at radius 2 is 2.41 bits per heavy atom. The van der Waals surface area contributed by atoms with E-state index in [0.29, 0.717) is 24.3 Å². The van der Waals surface area contributed by atoms with Crippen molar-refractivity contribution in [2.45, 2.75) is 20.3 Å². The minimum atomic E-state index is -0.831. The molecule has 0 aliphatic rings. The molecular weight excluding hydrogens is 218 g/mol. The molecule has 90 valence electrons. The highest BCUT2D eigenvalue weighted by atomic mass is 16.4. The van der Waals surface area contributed by atoms with Gasteiger partial charge in [-0.05, 0) is 25.5 Å². The van der Waals surface area contributed by atoms with Gasteiger partial charge in [0, 0.05) is 18.4 Å². The van der Waals surface area contributed by atoms with Crippen LogP contribution in [-0.2, 0) is 4.79 Å². The number of nitrogens with zero attached hydrogens (tertiary/aromatic N) is 2. The van der Waals surface area contributed by atoms with Crippen LogP contribution in [0, 0.1) is 16.7 Å². The van der Waals surface area contributed by atoms with Gasteiger partial charge in [0.25, 0.3) is 0 Å². The molecule has 0 saturated heterocycles. The largest absolute Gasteiger partial charge is 0.481 e. The third kappa shape index (κ3) is 3.18. The van der Waals surface area contributed by atoms with E-state index in [-0.39, 0.29) is 0 Å². The number of aromatic nitrogens is 1. The molecule has 1 heterocycles. The van der Waals surface area contributed by atoms with Crippen LogP contribution in [0.4, 0.5) is 5.69 Å². The standard InChI is InChI=1S/C12H15N3O2/c1-3-12(2,11(16)17)8-15-9-4-5-14-10(6-9)7-13/h4-6H,3,8H2,1-2H3,(H,14,15)(H,16,17). The molecular formula is C12H15N3O2. The Hall–Kier alpha value is -2.09. The van der Waals surface area contributed by atoms with Gasteiger partial charge in [-0.3, -0.25) is 4.79 Å². The molecule has 0 amide bonds. The van der Waals surface area contributed by atoms with Crippen LogP contribution in [0.3, 0.4) is 0 Å². The lowest BCUT2D eigenvalue weighted by Gasteiger charge is -2.23. The zero-order valence-corrected chi connectivity index (χ0v) is 9.90. The summed E-state index contributed by atoms with van der Waals surface area (Å²) in [6, 6.07) is 5.24. The third-order valence-corrected chi connectivity index (χ3v) is 2.85. The molecule has 0 fully saturated rings. The third-order valence-electron chi connectivity index (χ3n) is 2.85. The number of rotatable bonds is 5. The van der Waals surface area contributed by atoms with Crippen LogP contribution in [0.2, 0.25) is 0 Å². The van der Waals surface area contributed by atoms with Crippen molar-refractivity contribution in [2.75, 3.05) is 11.9 Å². The topological polar surface area (TPSA) is 86.0 Å². The van der Waals surface area contributed by atoms with Gasteiger partial charge in [0.15, 0.2) is 0 Å². The Bertz CT molecular complexity index is 453. The number of carbonyl (C=O) groups is 1. The average molecular weight is 233 g/mol. The maximum absolute atomic E-state index is 11.1. The number of hydrogen-bond donors (Lipinski definition) is 2. The summed E-state index contributed by atoms with van der Waals surface area (Å²) in [5.74, 6) is -0.831. The fourth-order valence-electron chi connectivity index (χ4n) is 1.25. The van der Waals surface area contributed by atoms with Gasteiger partial charge in [0.2, 0.25) is 0 Å². The fraction of sp³-hybridized carbons (Fsp3) is 0.417. The molecule has 5 nitrogen and oxygen atoms in total. The summed E-state index contributed by atoms with van der Waals surface area (Å²) in [5.41, 5.74) is 0.205. The summed E-state index contributed by atoms with van der Waals surface area (Å²) >= 11 is 0. The summed E-state index contributed by atoms with van der Waals surface area (Å²) in [6.07, 6.45) is 2.05. The number of nitrogens with one attached hydrogen (secondary N) is 1. The minimum absolute atomic E-state index is 0.309. The molecule has 1 aromatic rings. The maximum Gasteiger partial charge on any atom is 0.311 e. The van der Waals surface area contributed by atoms with Crippen LogP contribution >= 0.6 is 0 Å². The Balaban J connectivity index is 2.73. The quantitative estimate of drug-likeness (QED) is 0.810. The van der Waals surface area contributed by atoms with Crippen LogP contribution < -0.4 is 5.32 Å². The van der Waals surface area contributed by atoms with E-state index < -0.39 is 11.4 Å². The van der Waals surface area contributed by atoms with Crippen molar-refractivity contribution in [2.24, 2.45) is 5.41 Å². The molecule has 5 heteroatoms. The van der Waals surface area contributed by atoms with Crippen LogP contribution in [0.1, 0.15) is 26.0 Å². The van der Waals surface area contributed by atoms with E-state index in [1.807, 2.05) is 13.0 Å². The summed E-state index contributed by atoms with van der Waals surface area (Å²) in [4.78, 5) is 14.9. The van der Waals surface area contributed by atoms with Crippen molar-refractivity contribution in [3.63, 3.8) is 0 Å². The summed E-state index contributed by atoms with van der Waals surface area (Å²) in [7, 11) is 0. The molecule has 1 aromatic heterocycles. The first-order valence-corrected chi connectivity index (χ1v) is 5.35. The summed E-state index contributed by atoms with van der Waals surface area (Å²) in [5, 5.41) is 20.8. The molecule has 0 radical (unpaired) electrons. The van der Waals surface area contributed by atoms with Crippen molar-refractivity contribution in [3.8, 4) is 6.07 Å². The molecule has 2 N–H and O–H groups in total. The van der Waals surface area contributed by atoms with E-state index in [1.165, 1.54) is 6.20 Å². The number of carboxylic acids is 1. The molecule has 0 aliphatic carbocycles. The van der Waals surface area contributed by atoms with Gasteiger partial charge >= 0.3 is 5.97 Å². The van der Waals surface area contributed by atoms with E-state index in [1.54, 1.807) is 19.1 Å². The Morgan fingerprint density at radius 3 is 2.94 bits per heavy atom. The summed E-state index contributed by atoms with van der Waals surface area (Å²) in [6.45, 7) is 3.84. The van der Waals surface area contributed by atoms with Crippen molar-refractivity contribution >= 4 is 11.7 Å². The van der Waals surface area contributed by atoms with E-state index in [0.717, 1.165) is 0 Å². The van der Waals surface area contributed by atoms with Crippen molar-refractivity contribution in [1.82, 2.24) is 4.98 Å². The van der Waals surface area contributed by atoms with Crippen LogP contribution in [-0.4, -0.2) is 22.6 Å². The smallest absolute Gasteiger partial charge is 0.311 e. The molecule has 0 saturated carbocycles. The van der Waals surface area contributed by atoms with E-state index in [2.05, 4.69) is 10.3 Å². The second-order valence-electron chi connectivity index (χ2n) is 4.11. The first kappa shape index (κ1) is 13.0. The number of anilines is 1. The first-order valence-electron chi connectivity index (χ1n) is 5.35. The maximum atomic E-state index is 11.1. The van der Waals surface area contributed by atoms with Gasteiger partial charge in [-0.25, -0.2) is 4.98 Å². The van der Waals surface area contributed by atoms with E-state index in [9.17, 15) is 4.79 Å². The first-order chi connectivity index (χ1) is 8.01. The van der Waals surface area contributed by atoms with Gasteiger partial charge < -0.3 is 10.4 Å². The molecule has 1 unspecified atom stereocenters. The van der Waals surface area contributed by atoms with Gasteiger partial charge in [-0.2, -0.15) is 5.26 Å². The number of hydrogen-bond acceptors (Lipinski definition) is 4. The monoisotopic (exact) mass is 233 g/mol. The number of aliphatic carboxylic acids is 1. The molecule has 17 heavy (non-hydrogen) atoms. The molecule has 0 aromatic carbocycles. The zero-order chi connectivity index (χ0) is 12.9. The fourth-order valence-corrected chi connectivity index (χ4v) is 1.25. The molecule has 0 bridgehead atoms. The van der Waals surface area contributed by atoms with Gasteiger partial charge in [0.05, 0.1) is 5.41 Å². The molecule has 0 aliphatic heterocycles. The predicted molar refractivity (Wildman–Crippen MR) is 63.5 cm³/mol. The lowest BCUT2D eigenvalue weighted by atomic mass is 9.87. The molecule has 1 rings (SSSR count). The predicted octanol–water partition coefficient (Wildman–Crippen LogP) is 1.87. The van der Waals surface area contributed by atoms with Crippen LogP contribution in [0.15, 0.2) is 18.3 Å². The van der Waals surface area contributed by atoms with Crippen molar-refractivity contribution in [1.29, 1.82) is 5.26 Å². The number of pyridine rings is 1. The van der Waals surface area contributed by atoms with Gasteiger partial charge in [-0.1, -0.05) is 6.92 Å². The molecule has 1 atom stereocenters. The Morgan fingerprint density at radius 1 is 1.71 bits per heavy atom. The molecule has 0 spiro atoms. The van der Waals surface area contributed by atoms with E-state index >= 15 is 0 Å². The van der Waals surface area contributed by atoms with Crippen molar-refractivity contribution < 1.29 is 9.90 Å². The highest BCUT2D eigenvalue weighted by Gasteiger charge is 2.30. The van der Waals surface area contributed by atoms with E-state index in [4.69, 9.17) is 10.4 Å². The lowest BCUT2D eigenvalue weighted by Crippen LogP contribution is -2.34. The van der Waals surface area contributed by atoms with Gasteiger partial charge in [0.1, 0.15) is 11.8 Å². The average Bonchev–Trinajstić information content (AvgIpc) is 2.36. The van der Waals surface area contributed by atoms with Crippen LogP contribution in [0.5, 0.6) is 0 Å². The second-order valence-corrected chi connectivity index (χ2v) is 4.11. The Labute approximate surface area is 100 Å².